The molecule has 0 bridgehead atoms. The molecule has 5 nitrogen and oxygen atoms in total. The number of ether oxygens (including phenoxy) is 1. The van der Waals surface area contributed by atoms with Gasteiger partial charge >= 0.3 is 6.03 Å². The summed E-state index contributed by atoms with van der Waals surface area (Å²) in [4.78, 5) is 19.0. The summed E-state index contributed by atoms with van der Waals surface area (Å²) in [5, 5.41) is 2.80. The van der Waals surface area contributed by atoms with Gasteiger partial charge in [-0.2, -0.15) is 0 Å². The van der Waals surface area contributed by atoms with E-state index in [9.17, 15) is 4.79 Å². The lowest BCUT2D eigenvalue weighted by Crippen LogP contribution is -2.30. The van der Waals surface area contributed by atoms with Crippen molar-refractivity contribution in [2.24, 2.45) is 0 Å². The number of aromatic nitrogens is 1. The molecule has 0 aliphatic carbocycles. The van der Waals surface area contributed by atoms with Gasteiger partial charge in [-0.3, -0.25) is 0 Å². The summed E-state index contributed by atoms with van der Waals surface area (Å²) < 4.78 is 4.98. The van der Waals surface area contributed by atoms with E-state index >= 15 is 0 Å². The third kappa shape index (κ3) is 4.39. The first-order chi connectivity index (χ1) is 10.6. The van der Waals surface area contributed by atoms with Crippen molar-refractivity contribution in [1.82, 2.24) is 9.88 Å². The molecule has 0 radical (unpaired) electrons. The zero-order chi connectivity index (χ0) is 15.9. The third-order valence-corrected chi connectivity index (χ3v) is 3.87. The molecule has 1 heterocycles. The Hall–Kier alpha value is -2.21. The van der Waals surface area contributed by atoms with Crippen molar-refractivity contribution in [3.05, 3.63) is 48.2 Å². The predicted octanol–water partition coefficient (Wildman–Crippen LogP) is 3.48. The minimum Gasteiger partial charge on any atom is -0.481 e. The molecule has 0 aliphatic rings. The zero-order valence-corrected chi connectivity index (χ0v) is 13.7. The van der Waals surface area contributed by atoms with E-state index in [1.165, 1.54) is 4.90 Å². The molecule has 22 heavy (non-hydrogen) atoms. The second-order valence-electron chi connectivity index (χ2n) is 4.72. The minimum absolute atomic E-state index is 0.180. The zero-order valence-electron chi connectivity index (χ0n) is 12.9. The number of thioether (sulfide) groups is 1. The number of benzene rings is 1. The Labute approximate surface area is 134 Å². The number of amides is 2. The fourth-order valence-electron chi connectivity index (χ4n) is 1.87. The largest absolute Gasteiger partial charge is 0.481 e. The van der Waals surface area contributed by atoms with Crippen LogP contribution in [0.3, 0.4) is 0 Å². The van der Waals surface area contributed by atoms with E-state index in [0.717, 1.165) is 5.56 Å². The van der Waals surface area contributed by atoms with Crippen molar-refractivity contribution in [2.75, 3.05) is 25.7 Å². The number of urea groups is 1. The first kappa shape index (κ1) is 16.2. The number of nitrogens with zero attached hydrogens (tertiary/aromatic N) is 2. The van der Waals surface area contributed by atoms with Gasteiger partial charge in [-0.1, -0.05) is 12.1 Å². The highest BCUT2D eigenvalue weighted by atomic mass is 32.2. The first-order valence-electron chi connectivity index (χ1n) is 6.77. The molecule has 0 atom stereocenters. The van der Waals surface area contributed by atoms with Crippen LogP contribution in [-0.4, -0.2) is 36.3 Å². The van der Waals surface area contributed by atoms with Crippen molar-refractivity contribution >= 4 is 23.5 Å². The maximum atomic E-state index is 12.1. The topological polar surface area (TPSA) is 54.5 Å². The average molecular weight is 317 g/mol. The Morgan fingerprint density at radius 1 is 1.27 bits per heavy atom. The number of methoxy groups -OCH3 is 1. The van der Waals surface area contributed by atoms with Gasteiger partial charge in [0.2, 0.25) is 5.88 Å². The molecule has 0 spiro atoms. The average Bonchev–Trinajstić information content (AvgIpc) is 2.56. The highest BCUT2D eigenvalue weighted by Crippen LogP contribution is 2.16. The molecule has 1 aromatic heterocycles. The maximum absolute atomic E-state index is 12.1. The quantitative estimate of drug-likeness (QED) is 0.858. The molecule has 116 valence electrons. The van der Waals surface area contributed by atoms with Gasteiger partial charge in [0.25, 0.3) is 0 Å². The van der Waals surface area contributed by atoms with Crippen LogP contribution in [0.5, 0.6) is 5.88 Å². The molecule has 0 aliphatic heterocycles. The summed E-state index contributed by atoms with van der Waals surface area (Å²) in [5.41, 5.74) is 1.72. The molecule has 2 amide bonds. The number of pyridine rings is 1. The monoisotopic (exact) mass is 317 g/mol. The second-order valence-corrected chi connectivity index (χ2v) is 5.60. The van der Waals surface area contributed by atoms with Gasteiger partial charge in [0.05, 0.1) is 19.0 Å². The summed E-state index contributed by atoms with van der Waals surface area (Å²) in [6, 6.07) is 11.5. The summed E-state index contributed by atoms with van der Waals surface area (Å²) >= 11 is 1.70. The van der Waals surface area contributed by atoms with Crippen LogP contribution in [0, 0.1) is 0 Å². The highest BCUT2D eigenvalue weighted by molar-refractivity contribution is 7.98. The van der Waals surface area contributed by atoms with Crippen molar-refractivity contribution in [2.45, 2.75) is 11.4 Å². The van der Waals surface area contributed by atoms with E-state index in [-0.39, 0.29) is 6.03 Å². The van der Waals surface area contributed by atoms with Crippen LogP contribution in [0.2, 0.25) is 0 Å². The van der Waals surface area contributed by atoms with Crippen LogP contribution in [-0.2, 0) is 6.54 Å². The number of anilines is 1. The standard InChI is InChI=1S/C16H19N3O2S/c1-19(11-12-4-7-14(22-3)8-5-12)16(20)18-13-6-9-15(21-2)17-10-13/h4-10H,11H2,1-3H3,(H,18,20). The van der Waals surface area contributed by atoms with Crippen LogP contribution in [0.1, 0.15) is 5.56 Å². The van der Waals surface area contributed by atoms with Gasteiger partial charge in [0.1, 0.15) is 0 Å². The van der Waals surface area contributed by atoms with Gasteiger partial charge in [0, 0.05) is 24.6 Å². The molecule has 0 unspecified atom stereocenters. The predicted molar refractivity (Wildman–Crippen MR) is 89.5 cm³/mol. The van der Waals surface area contributed by atoms with Crippen LogP contribution >= 0.6 is 11.8 Å². The molecule has 6 heteroatoms. The van der Waals surface area contributed by atoms with E-state index in [1.807, 2.05) is 18.4 Å². The summed E-state index contributed by atoms with van der Waals surface area (Å²) in [7, 11) is 3.31. The van der Waals surface area contributed by atoms with Crippen molar-refractivity contribution in [3.8, 4) is 5.88 Å². The highest BCUT2D eigenvalue weighted by Gasteiger charge is 2.09. The van der Waals surface area contributed by atoms with Gasteiger partial charge < -0.3 is 15.0 Å². The number of hydrogen-bond donors (Lipinski definition) is 1. The molecule has 1 aromatic carbocycles. The maximum Gasteiger partial charge on any atom is 0.321 e. The Kier molecular flexibility index (Phi) is 5.66. The Morgan fingerprint density at radius 2 is 2.00 bits per heavy atom. The van der Waals surface area contributed by atoms with Crippen LogP contribution in [0.4, 0.5) is 10.5 Å². The van der Waals surface area contributed by atoms with Crippen LogP contribution in [0.15, 0.2) is 47.5 Å². The lowest BCUT2D eigenvalue weighted by molar-refractivity contribution is 0.220. The Bertz CT molecular complexity index is 614. The number of rotatable bonds is 5. The van der Waals surface area contributed by atoms with E-state index in [1.54, 1.807) is 49.1 Å². The van der Waals surface area contributed by atoms with Crippen molar-refractivity contribution in [1.29, 1.82) is 0 Å². The molecule has 1 N–H and O–H groups in total. The molecule has 0 saturated carbocycles. The van der Waals surface area contributed by atoms with Gasteiger partial charge in [-0.15, -0.1) is 11.8 Å². The lowest BCUT2D eigenvalue weighted by Gasteiger charge is -2.18. The van der Waals surface area contributed by atoms with E-state index in [0.29, 0.717) is 18.1 Å². The molecule has 0 fully saturated rings. The fourth-order valence-corrected chi connectivity index (χ4v) is 2.28. The van der Waals surface area contributed by atoms with E-state index in [4.69, 9.17) is 4.74 Å². The van der Waals surface area contributed by atoms with E-state index < -0.39 is 0 Å². The number of carbonyl (C=O) groups is 1. The summed E-state index contributed by atoms with van der Waals surface area (Å²) in [6.07, 6.45) is 3.61. The van der Waals surface area contributed by atoms with Gasteiger partial charge in [-0.05, 0) is 30.0 Å². The molecule has 2 aromatic rings. The van der Waals surface area contributed by atoms with E-state index in [2.05, 4.69) is 22.4 Å². The number of carbonyl (C=O) groups excluding carboxylic acids is 1. The Balaban J connectivity index is 1.92. The summed E-state index contributed by atoms with van der Waals surface area (Å²) in [5.74, 6) is 0.514. The molecule has 2 rings (SSSR count). The third-order valence-electron chi connectivity index (χ3n) is 3.12. The first-order valence-corrected chi connectivity index (χ1v) is 8.00. The molecular formula is C16H19N3O2S. The smallest absolute Gasteiger partial charge is 0.321 e. The van der Waals surface area contributed by atoms with Crippen molar-refractivity contribution < 1.29 is 9.53 Å². The normalized spacial score (nSPS) is 10.1. The van der Waals surface area contributed by atoms with Gasteiger partial charge in [0.15, 0.2) is 0 Å². The van der Waals surface area contributed by atoms with Crippen molar-refractivity contribution in [3.63, 3.8) is 0 Å². The fraction of sp³-hybridized carbons (Fsp3) is 0.250. The molecule has 0 saturated heterocycles. The summed E-state index contributed by atoms with van der Waals surface area (Å²) in [6.45, 7) is 0.546. The lowest BCUT2D eigenvalue weighted by atomic mass is 10.2. The second kappa shape index (κ2) is 7.70. The van der Waals surface area contributed by atoms with Crippen LogP contribution in [0.25, 0.3) is 0 Å². The Morgan fingerprint density at radius 3 is 2.55 bits per heavy atom. The molecular weight excluding hydrogens is 298 g/mol. The minimum atomic E-state index is -0.180. The van der Waals surface area contributed by atoms with Gasteiger partial charge in [-0.25, -0.2) is 9.78 Å². The van der Waals surface area contributed by atoms with Crippen LogP contribution < -0.4 is 10.1 Å². The number of hydrogen-bond acceptors (Lipinski definition) is 4. The SMILES string of the molecule is COc1ccc(NC(=O)N(C)Cc2ccc(SC)cc2)cn1. The number of nitrogens with one attached hydrogen (secondary N) is 1.